The number of hydrogen-bond acceptors (Lipinski definition) is 6. The van der Waals surface area contributed by atoms with Crippen LogP contribution in [0.5, 0.6) is 0 Å². The van der Waals surface area contributed by atoms with Crippen LogP contribution in [0.3, 0.4) is 0 Å². The molecule has 5 aromatic rings. The molecule has 3 aromatic carbocycles. The van der Waals surface area contributed by atoms with Gasteiger partial charge in [0.2, 0.25) is 0 Å². The SMILES string of the molecule is O=c1c2ccccc2nc(SCc2noc(-c3ccc(F)cc3)n2)n1-c1ccc(F)cc1F. The third-order valence-corrected chi connectivity index (χ3v) is 5.72. The van der Waals surface area contributed by atoms with Crippen LogP contribution in [-0.2, 0) is 5.75 Å². The zero-order valence-electron chi connectivity index (χ0n) is 16.7. The van der Waals surface area contributed by atoms with E-state index >= 15 is 0 Å². The van der Waals surface area contributed by atoms with E-state index in [-0.39, 0.29) is 28.3 Å². The summed E-state index contributed by atoms with van der Waals surface area (Å²) in [5.74, 6) is -1.38. The molecule has 0 radical (unpaired) electrons. The second kappa shape index (κ2) is 8.55. The largest absolute Gasteiger partial charge is 0.334 e. The highest BCUT2D eigenvalue weighted by Crippen LogP contribution is 2.26. The molecule has 0 amide bonds. The lowest BCUT2D eigenvalue weighted by atomic mass is 10.2. The van der Waals surface area contributed by atoms with Crippen molar-refractivity contribution in [3.8, 4) is 17.1 Å². The maximum Gasteiger partial charge on any atom is 0.266 e. The van der Waals surface area contributed by atoms with Crippen LogP contribution in [0.25, 0.3) is 28.0 Å². The fourth-order valence-corrected chi connectivity index (χ4v) is 4.08. The Morgan fingerprint density at radius 3 is 2.45 bits per heavy atom. The zero-order chi connectivity index (χ0) is 22.9. The Bertz CT molecular complexity index is 1530. The summed E-state index contributed by atoms with van der Waals surface area (Å²) < 4.78 is 47.5. The Morgan fingerprint density at radius 1 is 0.909 bits per heavy atom. The minimum atomic E-state index is -0.894. The van der Waals surface area contributed by atoms with Gasteiger partial charge in [0.25, 0.3) is 11.4 Å². The molecule has 0 spiro atoms. The van der Waals surface area contributed by atoms with Crippen molar-refractivity contribution in [3.63, 3.8) is 0 Å². The van der Waals surface area contributed by atoms with Crippen molar-refractivity contribution in [1.82, 2.24) is 19.7 Å². The lowest BCUT2D eigenvalue weighted by molar-refractivity contribution is 0.425. The summed E-state index contributed by atoms with van der Waals surface area (Å²) in [4.78, 5) is 22.0. The lowest BCUT2D eigenvalue weighted by Crippen LogP contribution is -2.22. The highest BCUT2D eigenvalue weighted by molar-refractivity contribution is 7.98. The number of halogens is 3. The summed E-state index contributed by atoms with van der Waals surface area (Å²) in [6.07, 6.45) is 0. The molecule has 0 aliphatic heterocycles. The van der Waals surface area contributed by atoms with Gasteiger partial charge in [-0.2, -0.15) is 4.98 Å². The predicted molar refractivity (Wildman–Crippen MR) is 117 cm³/mol. The zero-order valence-corrected chi connectivity index (χ0v) is 17.5. The van der Waals surface area contributed by atoms with E-state index in [1.165, 1.54) is 30.3 Å². The molecule has 0 saturated carbocycles. The molecule has 0 bridgehead atoms. The summed E-state index contributed by atoms with van der Waals surface area (Å²) in [7, 11) is 0. The van der Waals surface area contributed by atoms with Crippen molar-refractivity contribution < 1.29 is 17.7 Å². The average Bonchev–Trinajstić information content (AvgIpc) is 3.28. The second-order valence-electron chi connectivity index (χ2n) is 6.96. The van der Waals surface area contributed by atoms with E-state index in [1.807, 2.05) is 0 Å². The Labute approximate surface area is 188 Å². The quantitative estimate of drug-likeness (QED) is 0.264. The van der Waals surface area contributed by atoms with Crippen LogP contribution in [0.2, 0.25) is 0 Å². The number of fused-ring (bicyclic) bond motifs is 1. The first kappa shape index (κ1) is 21.0. The number of aromatic nitrogens is 4. The molecule has 0 N–H and O–H groups in total. The smallest absolute Gasteiger partial charge is 0.266 e. The fourth-order valence-electron chi connectivity index (χ4n) is 3.24. The normalized spacial score (nSPS) is 11.2. The van der Waals surface area contributed by atoms with Crippen LogP contribution in [0.15, 0.2) is 81.2 Å². The maximum atomic E-state index is 14.6. The standard InChI is InChI=1S/C23H13F3N4O2S/c24-14-7-5-13(6-8-14)21-28-20(29-32-21)12-33-23-27-18-4-2-1-3-16(18)22(31)30(23)19-10-9-15(25)11-17(19)26/h1-11H,12H2. The van der Waals surface area contributed by atoms with Gasteiger partial charge < -0.3 is 4.52 Å². The van der Waals surface area contributed by atoms with Crippen molar-refractivity contribution in [1.29, 1.82) is 0 Å². The van der Waals surface area contributed by atoms with Crippen LogP contribution in [0, 0.1) is 17.5 Å². The molecule has 0 fully saturated rings. The van der Waals surface area contributed by atoms with Crippen molar-refractivity contribution in [2.75, 3.05) is 0 Å². The molecule has 0 aliphatic carbocycles. The molecule has 0 aliphatic rings. The fraction of sp³-hybridized carbons (Fsp3) is 0.0435. The van der Waals surface area contributed by atoms with Gasteiger partial charge in [0, 0.05) is 11.6 Å². The van der Waals surface area contributed by atoms with Crippen molar-refractivity contribution >= 4 is 22.7 Å². The molecule has 0 saturated heterocycles. The van der Waals surface area contributed by atoms with Gasteiger partial charge in [0.15, 0.2) is 11.0 Å². The molecule has 0 atom stereocenters. The Balaban J connectivity index is 1.53. The minimum absolute atomic E-state index is 0.123. The summed E-state index contributed by atoms with van der Waals surface area (Å²) in [5, 5.41) is 4.38. The van der Waals surface area contributed by atoms with Crippen molar-refractivity contribution in [2.24, 2.45) is 0 Å². The van der Waals surface area contributed by atoms with Crippen LogP contribution in [0.4, 0.5) is 13.2 Å². The van der Waals surface area contributed by atoms with Gasteiger partial charge in [-0.15, -0.1) is 0 Å². The average molecular weight is 466 g/mol. The predicted octanol–water partition coefficient (Wildman–Crippen LogP) is 5.15. The summed E-state index contributed by atoms with van der Waals surface area (Å²) >= 11 is 1.09. The molecule has 0 unspecified atom stereocenters. The van der Waals surface area contributed by atoms with E-state index in [4.69, 9.17) is 4.52 Å². The maximum absolute atomic E-state index is 14.6. The molecular formula is C23H13F3N4O2S. The highest BCUT2D eigenvalue weighted by Gasteiger charge is 2.18. The Morgan fingerprint density at radius 2 is 1.67 bits per heavy atom. The molecule has 33 heavy (non-hydrogen) atoms. The third kappa shape index (κ3) is 4.12. The van der Waals surface area contributed by atoms with Gasteiger partial charge in [-0.3, -0.25) is 9.36 Å². The van der Waals surface area contributed by atoms with Crippen LogP contribution >= 0.6 is 11.8 Å². The van der Waals surface area contributed by atoms with Gasteiger partial charge in [-0.05, 0) is 48.5 Å². The number of nitrogens with zero attached hydrogens (tertiary/aromatic N) is 4. The molecule has 10 heteroatoms. The van der Waals surface area contributed by atoms with Crippen LogP contribution in [0.1, 0.15) is 5.82 Å². The van der Waals surface area contributed by atoms with E-state index in [9.17, 15) is 18.0 Å². The van der Waals surface area contributed by atoms with Gasteiger partial charge >= 0.3 is 0 Å². The first-order valence-corrected chi connectivity index (χ1v) is 10.7. The van der Waals surface area contributed by atoms with Gasteiger partial charge in [-0.1, -0.05) is 29.1 Å². The lowest BCUT2D eigenvalue weighted by Gasteiger charge is -2.13. The van der Waals surface area contributed by atoms with Gasteiger partial charge in [-0.25, -0.2) is 18.2 Å². The summed E-state index contributed by atoms with van der Waals surface area (Å²) in [6, 6.07) is 15.2. The first-order chi connectivity index (χ1) is 16.0. The second-order valence-corrected chi connectivity index (χ2v) is 7.90. The molecule has 5 rings (SSSR count). The summed E-state index contributed by atoms with van der Waals surface area (Å²) in [5.41, 5.74) is 0.370. The minimum Gasteiger partial charge on any atom is -0.334 e. The van der Waals surface area contributed by atoms with E-state index in [0.29, 0.717) is 28.4 Å². The van der Waals surface area contributed by atoms with Crippen molar-refractivity contribution in [2.45, 2.75) is 10.9 Å². The molecule has 164 valence electrons. The van der Waals surface area contributed by atoms with Gasteiger partial charge in [0.05, 0.1) is 22.3 Å². The molecular weight excluding hydrogens is 453 g/mol. The number of benzene rings is 3. The Hall–Kier alpha value is -3.92. The van der Waals surface area contributed by atoms with Crippen molar-refractivity contribution in [3.05, 3.63) is 100 Å². The number of thioether (sulfide) groups is 1. The van der Waals surface area contributed by atoms with Crippen LogP contribution in [-0.4, -0.2) is 19.7 Å². The highest BCUT2D eigenvalue weighted by atomic mass is 32.2. The summed E-state index contributed by atoms with van der Waals surface area (Å²) in [6.45, 7) is 0. The van der Waals surface area contributed by atoms with E-state index in [0.717, 1.165) is 22.4 Å². The Kier molecular flexibility index (Phi) is 5.43. The number of para-hydroxylation sites is 1. The monoisotopic (exact) mass is 466 g/mol. The molecule has 2 aromatic heterocycles. The number of hydrogen-bond donors (Lipinski definition) is 0. The van der Waals surface area contributed by atoms with E-state index < -0.39 is 17.2 Å². The first-order valence-electron chi connectivity index (χ1n) is 9.68. The molecule has 2 heterocycles. The topological polar surface area (TPSA) is 73.8 Å². The van der Waals surface area contributed by atoms with E-state index in [2.05, 4.69) is 15.1 Å². The number of rotatable bonds is 5. The van der Waals surface area contributed by atoms with Crippen LogP contribution < -0.4 is 5.56 Å². The van der Waals surface area contributed by atoms with Gasteiger partial charge in [0.1, 0.15) is 17.5 Å². The molecule has 6 nitrogen and oxygen atoms in total. The van der Waals surface area contributed by atoms with E-state index in [1.54, 1.807) is 24.3 Å². The third-order valence-electron chi connectivity index (χ3n) is 4.79.